The van der Waals surface area contributed by atoms with Crippen LogP contribution in [-0.2, 0) is 11.3 Å². The quantitative estimate of drug-likeness (QED) is 0.587. The van der Waals surface area contributed by atoms with E-state index in [9.17, 15) is 23.2 Å². The van der Waals surface area contributed by atoms with Crippen molar-refractivity contribution in [3.8, 4) is 0 Å². The maximum Gasteiger partial charge on any atom is 0.265 e. The minimum Gasteiger partial charge on any atom is -0.385 e. The predicted molar refractivity (Wildman–Crippen MR) is 56.3 cm³/mol. The van der Waals surface area contributed by atoms with E-state index in [0.29, 0.717) is 0 Å². The minimum absolute atomic E-state index is 0.523. The maximum atomic E-state index is 11.9. The van der Waals surface area contributed by atoms with Gasteiger partial charge in [0.05, 0.1) is 0 Å². The van der Waals surface area contributed by atoms with Crippen LogP contribution in [0.25, 0.3) is 0 Å². The normalized spacial score (nSPS) is 12.4. The van der Waals surface area contributed by atoms with Crippen LogP contribution in [0.4, 0.5) is 8.78 Å². The number of halogens is 2. The van der Waals surface area contributed by atoms with Crippen molar-refractivity contribution in [2.45, 2.75) is 19.1 Å². The summed E-state index contributed by atoms with van der Waals surface area (Å²) in [5.74, 6) is -0.779. The van der Waals surface area contributed by atoms with Crippen LogP contribution < -0.4 is 16.4 Å². The van der Waals surface area contributed by atoms with Crippen molar-refractivity contribution in [3.05, 3.63) is 32.8 Å². The SMILES string of the molecule is O=C(Cn1[nH]c(=O)ccc1=O)NCC(O)C(F)F. The van der Waals surface area contributed by atoms with E-state index in [2.05, 4.69) is 5.10 Å². The van der Waals surface area contributed by atoms with E-state index in [4.69, 9.17) is 5.11 Å². The lowest BCUT2D eigenvalue weighted by Gasteiger charge is -2.11. The summed E-state index contributed by atoms with van der Waals surface area (Å²) in [6, 6.07) is 1.97. The van der Waals surface area contributed by atoms with Gasteiger partial charge >= 0.3 is 0 Å². The molecule has 1 rings (SSSR count). The molecule has 0 radical (unpaired) electrons. The second kappa shape index (κ2) is 6.05. The number of nitrogens with one attached hydrogen (secondary N) is 2. The molecule has 1 aromatic heterocycles. The lowest BCUT2D eigenvalue weighted by atomic mass is 10.3. The van der Waals surface area contributed by atoms with Gasteiger partial charge in [-0.1, -0.05) is 0 Å². The molecule has 0 bridgehead atoms. The zero-order chi connectivity index (χ0) is 13.7. The van der Waals surface area contributed by atoms with Gasteiger partial charge in [0.25, 0.3) is 17.5 Å². The lowest BCUT2D eigenvalue weighted by molar-refractivity contribution is -0.122. The first-order valence-corrected chi connectivity index (χ1v) is 4.93. The fraction of sp³-hybridized carbons (Fsp3) is 0.444. The number of hydrogen-bond donors (Lipinski definition) is 3. The molecule has 7 nitrogen and oxygen atoms in total. The van der Waals surface area contributed by atoms with Gasteiger partial charge in [-0.25, -0.2) is 13.5 Å². The molecule has 1 heterocycles. The van der Waals surface area contributed by atoms with Crippen LogP contribution in [0, 0.1) is 0 Å². The zero-order valence-corrected chi connectivity index (χ0v) is 9.10. The summed E-state index contributed by atoms with van der Waals surface area (Å²) in [6.07, 6.45) is -4.94. The van der Waals surface area contributed by atoms with E-state index in [0.717, 1.165) is 16.8 Å². The Balaban J connectivity index is 2.57. The second-order valence-corrected chi connectivity index (χ2v) is 3.44. The predicted octanol–water partition coefficient (Wildman–Crippen LogP) is -1.72. The summed E-state index contributed by atoms with van der Waals surface area (Å²) >= 11 is 0. The molecule has 0 spiro atoms. The van der Waals surface area contributed by atoms with Crippen molar-refractivity contribution in [1.29, 1.82) is 0 Å². The average Bonchev–Trinajstić information content (AvgIpc) is 2.30. The number of hydrogen-bond acceptors (Lipinski definition) is 4. The molecule has 18 heavy (non-hydrogen) atoms. The Bertz CT molecular complexity index is 525. The summed E-state index contributed by atoms with van der Waals surface area (Å²) in [5.41, 5.74) is -1.19. The Morgan fingerprint density at radius 3 is 2.72 bits per heavy atom. The molecule has 0 aliphatic heterocycles. The Hall–Kier alpha value is -2.03. The van der Waals surface area contributed by atoms with Gasteiger partial charge in [0.15, 0.2) is 0 Å². The number of carbonyl (C=O) groups excluding carboxylic acids is 1. The monoisotopic (exact) mass is 263 g/mol. The minimum atomic E-state index is -2.97. The summed E-state index contributed by atoms with van der Waals surface area (Å²) in [5, 5.41) is 12.9. The summed E-state index contributed by atoms with van der Waals surface area (Å²) in [7, 11) is 0. The van der Waals surface area contributed by atoms with Crippen LogP contribution in [0.5, 0.6) is 0 Å². The highest BCUT2D eigenvalue weighted by atomic mass is 19.3. The molecule has 0 saturated heterocycles. The van der Waals surface area contributed by atoms with Gasteiger partial charge < -0.3 is 10.4 Å². The molecule has 1 aromatic rings. The van der Waals surface area contributed by atoms with E-state index in [1.807, 2.05) is 5.32 Å². The largest absolute Gasteiger partial charge is 0.385 e. The molecule has 0 fully saturated rings. The third-order valence-corrected chi connectivity index (χ3v) is 1.99. The van der Waals surface area contributed by atoms with E-state index < -0.39 is 42.6 Å². The molecule has 1 amide bonds. The van der Waals surface area contributed by atoms with Gasteiger partial charge in [0, 0.05) is 18.7 Å². The molecule has 0 aliphatic carbocycles. The van der Waals surface area contributed by atoms with Crippen LogP contribution >= 0.6 is 0 Å². The van der Waals surface area contributed by atoms with Crippen LogP contribution in [0.3, 0.4) is 0 Å². The standard InChI is InChI=1S/C9H11F2N3O4/c10-9(11)5(15)3-12-7(17)4-14-8(18)2-1-6(16)13-14/h1-2,5,9,15H,3-4H2,(H,12,17)(H,13,16). The Morgan fingerprint density at radius 2 is 2.11 bits per heavy atom. The smallest absolute Gasteiger partial charge is 0.265 e. The first-order valence-electron chi connectivity index (χ1n) is 4.93. The van der Waals surface area contributed by atoms with Crippen molar-refractivity contribution >= 4 is 5.91 Å². The zero-order valence-electron chi connectivity index (χ0n) is 9.10. The highest BCUT2D eigenvalue weighted by Crippen LogP contribution is 1.98. The summed E-state index contributed by atoms with van der Waals surface area (Å²) in [6.45, 7) is -1.16. The van der Waals surface area contributed by atoms with Gasteiger partial charge in [-0.05, 0) is 0 Å². The number of rotatable bonds is 5. The van der Waals surface area contributed by atoms with Gasteiger partial charge in [0.2, 0.25) is 5.91 Å². The van der Waals surface area contributed by atoms with Gasteiger partial charge in [-0.3, -0.25) is 19.5 Å². The van der Waals surface area contributed by atoms with E-state index >= 15 is 0 Å². The van der Waals surface area contributed by atoms with Crippen molar-refractivity contribution in [3.63, 3.8) is 0 Å². The number of aliphatic hydroxyl groups excluding tert-OH is 1. The molecule has 0 aromatic carbocycles. The van der Waals surface area contributed by atoms with Crippen LogP contribution in [0.2, 0.25) is 0 Å². The van der Waals surface area contributed by atoms with Gasteiger partial charge in [-0.15, -0.1) is 0 Å². The first kappa shape index (κ1) is 14.0. The third kappa shape index (κ3) is 4.09. The Kier molecular flexibility index (Phi) is 4.72. The Morgan fingerprint density at radius 1 is 1.44 bits per heavy atom. The van der Waals surface area contributed by atoms with E-state index in [-0.39, 0.29) is 0 Å². The van der Waals surface area contributed by atoms with E-state index in [1.54, 1.807) is 0 Å². The molecular weight excluding hydrogens is 252 g/mol. The molecule has 1 atom stereocenters. The highest BCUT2D eigenvalue weighted by Gasteiger charge is 2.17. The molecule has 100 valence electrons. The number of H-pyrrole nitrogens is 1. The number of aromatic amines is 1. The second-order valence-electron chi connectivity index (χ2n) is 3.44. The first-order chi connectivity index (χ1) is 8.40. The fourth-order valence-electron chi connectivity index (χ4n) is 1.09. The lowest BCUT2D eigenvalue weighted by Crippen LogP contribution is -2.40. The van der Waals surface area contributed by atoms with Crippen LogP contribution in [0.1, 0.15) is 0 Å². The van der Waals surface area contributed by atoms with Crippen molar-refractivity contribution in [2.24, 2.45) is 0 Å². The summed E-state index contributed by atoms with van der Waals surface area (Å²) < 4.78 is 24.6. The van der Waals surface area contributed by atoms with Crippen molar-refractivity contribution in [2.75, 3.05) is 6.54 Å². The van der Waals surface area contributed by atoms with Crippen molar-refractivity contribution < 1.29 is 18.7 Å². The van der Waals surface area contributed by atoms with Crippen LogP contribution in [-0.4, -0.2) is 39.9 Å². The third-order valence-electron chi connectivity index (χ3n) is 1.99. The molecular formula is C9H11F2N3O4. The van der Waals surface area contributed by atoms with Gasteiger partial charge in [0.1, 0.15) is 12.6 Å². The number of nitrogens with zero attached hydrogens (tertiary/aromatic N) is 1. The molecule has 0 aliphatic rings. The molecule has 1 unspecified atom stereocenters. The fourth-order valence-corrected chi connectivity index (χ4v) is 1.09. The van der Waals surface area contributed by atoms with Crippen LogP contribution in [0.15, 0.2) is 21.7 Å². The number of alkyl halides is 2. The number of carbonyl (C=O) groups is 1. The highest BCUT2D eigenvalue weighted by molar-refractivity contribution is 5.75. The number of aromatic nitrogens is 2. The van der Waals surface area contributed by atoms with E-state index in [1.165, 1.54) is 0 Å². The molecule has 9 heteroatoms. The van der Waals surface area contributed by atoms with Crippen molar-refractivity contribution in [1.82, 2.24) is 15.1 Å². The van der Waals surface area contributed by atoms with Gasteiger partial charge in [-0.2, -0.15) is 0 Å². The Labute approximate surface area is 99.0 Å². The molecule has 0 saturated carbocycles. The molecule has 3 N–H and O–H groups in total. The average molecular weight is 263 g/mol. The number of aliphatic hydroxyl groups is 1. The number of amides is 1. The summed E-state index contributed by atoms with van der Waals surface area (Å²) in [4.78, 5) is 33.3. The maximum absolute atomic E-state index is 11.9. The topological polar surface area (TPSA) is 104 Å².